The van der Waals surface area contributed by atoms with Gasteiger partial charge in [0.15, 0.2) is 5.16 Å². The third-order valence-corrected chi connectivity index (χ3v) is 5.42. The lowest BCUT2D eigenvalue weighted by Gasteiger charge is -2.09. The number of hydrogen-bond acceptors (Lipinski definition) is 5. The van der Waals surface area contributed by atoms with E-state index in [1.807, 2.05) is 54.6 Å². The summed E-state index contributed by atoms with van der Waals surface area (Å²) in [6.07, 6.45) is 2.38. The molecule has 1 fully saturated rings. The molecule has 144 valence electrons. The summed E-state index contributed by atoms with van der Waals surface area (Å²) < 4.78 is 7.88. The zero-order chi connectivity index (χ0) is 19.3. The van der Waals surface area contributed by atoms with Crippen molar-refractivity contribution in [3.8, 4) is 11.5 Å². The van der Waals surface area contributed by atoms with Gasteiger partial charge in [0, 0.05) is 18.2 Å². The number of nitrogens with zero attached hydrogens (tertiary/aromatic N) is 3. The number of nitrogens with one attached hydrogen (secondary N) is 1. The summed E-state index contributed by atoms with van der Waals surface area (Å²) in [6, 6.07) is 16.9. The molecule has 1 aromatic heterocycles. The molecule has 0 bridgehead atoms. The van der Waals surface area contributed by atoms with Crippen LogP contribution < -0.4 is 10.1 Å². The minimum Gasteiger partial charge on any atom is -0.457 e. The highest BCUT2D eigenvalue weighted by atomic mass is 32.2. The van der Waals surface area contributed by atoms with Crippen LogP contribution in [0.4, 0.5) is 5.69 Å². The second kappa shape index (κ2) is 8.48. The average molecular weight is 395 g/mol. The Bertz CT molecular complexity index is 937. The van der Waals surface area contributed by atoms with E-state index < -0.39 is 0 Å². The Morgan fingerprint density at radius 3 is 2.50 bits per heavy atom. The fourth-order valence-corrected chi connectivity index (χ4v) is 3.72. The molecule has 1 amide bonds. The predicted molar refractivity (Wildman–Crippen MR) is 110 cm³/mol. The summed E-state index contributed by atoms with van der Waals surface area (Å²) in [6.45, 7) is 2.91. The molecule has 4 rings (SSSR count). The fourth-order valence-electron chi connectivity index (χ4n) is 2.91. The molecular formula is C21H22N4O2S. The number of rotatable bonds is 8. The second-order valence-corrected chi connectivity index (χ2v) is 7.58. The number of carbonyl (C=O) groups is 1. The van der Waals surface area contributed by atoms with Gasteiger partial charge in [0.05, 0.1) is 5.75 Å². The minimum absolute atomic E-state index is 0.0691. The largest absolute Gasteiger partial charge is 0.457 e. The molecule has 28 heavy (non-hydrogen) atoms. The van der Waals surface area contributed by atoms with Gasteiger partial charge >= 0.3 is 0 Å². The van der Waals surface area contributed by atoms with Crippen molar-refractivity contribution in [3.05, 3.63) is 60.4 Å². The molecule has 0 spiro atoms. The fraction of sp³-hybridized carbons (Fsp3) is 0.286. The van der Waals surface area contributed by atoms with Crippen LogP contribution in [-0.2, 0) is 11.3 Å². The first kappa shape index (κ1) is 18.6. The van der Waals surface area contributed by atoms with Crippen LogP contribution in [0, 0.1) is 0 Å². The van der Waals surface area contributed by atoms with Crippen molar-refractivity contribution < 1.29 is 9.53 Å². The van der Waals surface area contributed by atoms with E-state index in [-0.39, 0.29) is 5.91 Å². The van der Waals surface area contributed by atoms with Crippen molar-refractivity contribution in [2.75, 3.05) is 11.1 Å². The Morgan fingerprint density at radius 2 is 1.82 bits per heavy atom. The van der Waals surface area contributed by atoms with Gasteiger partial charge in [-0.25, -0.2) is 0 Å². The SMILES string of the molecule is CCn1c(SCC(=O)Nc2ccc(Oc3ccccc3)cc2)nnc1C1CC1. The second-order valence-electron chi connectivity index (χ2n) is 6.64. The van der Waals surface area contributed by atoms with E-state index in [1.54, 1.807) is 0 Å². The van der Waals surface area contributed by atoms with Crippen LogP contribution in [-0.4, -0.2) is 26.4 Å². The van der Waals surface area contributed by atoms with Crippen molar-refractivity contribution in [1.82, 2.24) is 14.8 Å². The zero-order valence-electron chi connectivity index (χ0n) is 15.7. The highest BCUT2D eigenvalue weighted by Crippen LogP contribution is 2.40. The maximum Gasteiger partial charge on any atom is 0.234 e. The van der Waals surface area contributed by atoms with Crippen molar-refractivity contribution in [2.45, 2.75) is 37.4 Å². The van der Waals surface area contributed by atoms with Crippen LogP contribution in [0.15, 0.2) is 59.8 Å². The van der Waals surface area contributed by atoms with E-state index in [0.29, 0.717) is 11.7 Å². The highest BCUT2D eigenvalue weighted by molar-refractivity contribution is 7.99. The van der Waals surface area contributed by atoms with Crippen LogP contribution in [0.2, 0.25) is 0 Å². The quantitative estimate of drug-likeness (QED) is 0.561. The molecule has 6 nitrogen and oxygen atoms in total. The number of anilines is 1. The molecule has 3 aromatic rings. The molecule has 1 aliphatic carbocycles. The molecule has 1 N–H and O–H groups in total. The van der Waals surface area contributed by atoms with E-state index >= 15 is 0 Å². The van der Waals surface area contributed by atoms with Gasteiger partial charge in [-0.2, -0.15) is 0 Å². The Labute approximate surface area is 168 Å². The van der Waals surface area contributed by atoms with Gasteiger partial charge in [-0.1, -0.05) is 30.0 Å². The molecule has 0 aliphatic heterocycles. The monoisotopic (exact) mass is 394 g/mol. The summed E-state index contributed by atoms with van der Waals surface area (Å²) in [5.41, 5.74) is 0.738. The normalized spacial score (nSPS) is 13.3. The van der Waals surface area contributed by atoms with E-state index in [2.05, 4.69) is 27.0 Å². The van der Waals surface area contributed by atoms with Gasteiger partial charge < -0.3 is 14.6 Å². The van der Waals surface area contributed by atoms with Crippen LogP contribution >= 0.6 is 11.8 Å². The maximum atomic E-state index is 12.3. The van der Waals surface area contributed by atoms with Crippen LogP contribution in [0.25, 0.3) is 0 Å². The lowest BCUT2D eigenvalue weighted by atomic mass is 10.3. The standard InChI is InChI=1S/C21H22N4O2S/c1-2-25-20(15-8-9-15)23-24-21(25)28-14-19(26)22-16-10-12-18(13-11-16)27-17-6-4-3-5-7-17/h3-7,10-13,15H,2,8-9,14H2,1H3,(H,22,26). The van der Waals surface area contributed by atoms with E-state index in [4.69, 9.17) is 4.74 Å². The molecule has 0 radical (unpaired) electrons. The Morgan fingerprint density at radius 1 is 1.11 bits per heavy atom. The lowest BCUT2D eigenvalue weighted by Crippen LogP contribution is -2.14. The topological polar surface area (TPSA) is 69.0 Å². The first-order chi connectivity index (χ1) is 13.7. The van der Waals surface area contributed by atoms with Gasteiger partial charge in [0.2, 0.25) is 5.91 Å². The molecule has 0 unspecified atom stereocenters. The number of para-hydroxylation sites is 1. The van der Waals surface area contributed by atoms with Gasteiger partial charge in [0.25, 0.3) is 0 Å². The smallest absolute Gasteiger partial charge is 0.234 e. The summed E-state index contributed by atoms with van der Waals surface area (Å²) in [4.78, 5) is 12.3. The molecule has 1 aliphatic rings. The Kier molecular flexibility index (Phi) is 5.62. The van der Waals surface area contributed by atoms with Crippen LogP contribution in [0.5, 0.6) is 11.5 Å². The van der Waals surface area contributed by atoms with E-state index in [0.717, 1.165) is 34.7 Å². The van der Waals surface area contributed by atoms with Crippen molar-refractivity contribution in [2.24, 2.45) is 0 Å². The van der Waals surface area contributed by atoms with Gasteiger partial charge in [-0.3, -0.25) is 4.79 Å². The van der Waals surface area contributed by atoms with Crippen LogP contribution in [0.3, 0.4) is 0 Å². The summed E-state index contributed by atoms with van der Waals surface area (Å²) in [7, 11) is 0. The number of benzene rings is 2. The van der Waals surface area contributed by atoms with E-state index in [9.17, 15) is 4.79 Å². The predicted octanol–water partition coefficient (Wildman–Crippen LogP) is 4.70. The summed E-state index contributed by atoms with van der Waals surface area (Å²) in [5, 5.41) is 12.3. The number of carbonyl (C=O) groups excluding carboxylic acids is 1. The number of thioether (sulfide) groups is 1. The number of ether oxygens (including phenoxy) is 1. The molecule has 7 heteroatoms. The molecule has 2 aromatic carbocycles. The van der Waals surface area contributed by atoms with Crippen LogP contribution in [0.1, 0.15) is 31.5 Å². The number of hydrogen-bond donors (Lipinski definition) is 1. The summed E-state index contributed by atoms with van der Waals surface area (Å²) >= 11 is 1.42. The molecule has 1 saturated carbocycles. The van der Waals surface area contributed by atoms with Crippen molar-refractivity contribution in [3.63, 3.8) is 0 Å². The molecule has 0 atom stereocenters. The first-order valence-electron chi connectivity index (χ1n) is 9.41. The van der Waals surface area contributed by atoms with Gasteiger partial charge in [-0.15, -0.1) is 10.2 Å². The first-order valence-corrected chi connectivity index (χ1v) is 10.4. The molecule has 1 heterocycles. The Hall–Kier alpha value is -2.80. The Balaban J connectivity index is 1.30. The zero-order valence-corrected chi connectivity index (χ0v) is 16.5. The molecular weight excluding hydrogens is 372 g/mol. The number of amides is 1. The number of aromatic nitrogens is 3. The van der Waals surface area contributed by atoms with Gasteiger partial charge in [0.1, 0.15) is 17.3 Å². The summed E-state index contributed by atoms with van der Waals surface area (Å²) in [5.74, 6) is 3.33. The van der Waals surface area contributed by atoms with Crippen molar-refractivity contribution >= 4 is 23.4 Å². The third kappa shape index (κ3) is 4.54. The average Bonchev–Trinajstić information content (AvgIpc) is 3.48. The minimum atomic E-state index is -0.0691. The maximum absolute atomic E-state index is 12.3. The van der Waals surface area contributed by atoms with E-state index in [1.165, 1.54) is 24.6 Å². The molecule has 0 saturated heterocycles. The lowest BCUT2D eigenvalue weighted by molar-refractivity contribution is -0.113. The third-order valence-electron chi connectivity index (χ3n) is 4.45. The highest BCUT2D eigenvalue weighted by Gasteiger charge is 2.30. The van der Waals surface area contributed by atoms with Gasteiger partial charge in [-0.05, 0) is 56.2 Å². The van der Waals surface area contributed by atoms with Crippen molar-refractivity contribution in [1.29, 1.82) is 0 Å².